The third-order valence-electron chi connectivity index (χ3n) is 5.34. The minimum Gasteiger partial charge on any atom is -0.493 e. The Labute approximate surface area is 182 Å². The molecular formula is C21H27N3O6S. The van der Waals surface area contributed by atoms with Crippen LogP contribution in [0.1, 0.15) is 36.6 Å². The number of aliphatic hydroxyl groups excluding tert-OH is 1. The fourth-order valence-corrected chi connectivity index (χ4v) is 4.74. The van der Waals surface area contributed by atoms with Crippen molar-refractivity contribution in [2.24, 2.45) is 0 Å². The predicted molar refractivity (Wildman–Crippen MR) is 116 cm³/mol. The maximum absolute atomic E-state index is 12.9. The minimum atomic E-state index is -3.88. The second kappa shape index (κ2) is 9.23. The van der Waals surface area contributed by atoms with Crippen molar-refractivity contribution in [1.29, 1.82) is 0 Å². The van der Waals surface area contributed by atoms with Gasteiger partial charge in [-0.1, -0.05) is 18.2 Å². The number of likely N-dealkylation sites (N-methyl/N-ethyl adjacent to an activating group) is 1. The lowest BCUT2D eigenvalue weighted by atomic mass is 9.99. The van der Waals surface area contributed by atoms with E-state index in [9.17, 15) is 18.3 Å². The zero-order chi connectivity index (χ0) is 22.8. The Kier molecular flexibility index (Phi) is 6.85. The fourth-order valence-electron chi connectivity index (χ4n) is 3.47. The van der Waals surface area contributed by atoms with Gasteiger partial charge < -0.3 is 19.9 Å². The quantitative estimate of drug-likeness (QED) is 0.621. The average Bonchev–Trinajstić information content (AvgIpc) is 2.75. The molecule has 0 spiro atoms. The highest BCUT2D eigenvalue weighted by Gasteiger charge is 2.40. The summed E-state index contributed by atoms with van der Waals surface area (Å²) in [7, 11) is 0.505. The predicted octanol–water partition coefficient (Wildman–Crippen LogP) is 1.98. The first-order valence-corrected chi connectivity index (χ1v) is 11.2. The molecule has 2 aromatic carbocycles. The van der Waals surface area contributed by atoms with Crippen LogP contribution in [-0.2, 0) is 15.0 Å². The number of hydrogen-bond donors (Lipinski definition) is 3. The molecule has 0 aromatic heterocycles. The normalized spacial score (nSPS) is 21.8. The molecule has 2 aromatic rings. The standard InChI is InChI=1S/C21H27N3O6S/c1-13(25)14-5-8-16(9-6-14)22-21(26)18-12-17(23-31(27,28)24(18)2)15-7-10-19(29-3)20(11-15)30-4/h5-11,13,17-18,23,25H,12H2,1-4H3,(H,22,26)/t13?,17-,18+/m0/s1. The van der Waals surface area contributed by atoms with Crippen LogP contribution in [0, 0.1) is 0 Å². The molecule has 0 aliphatic carbocycles. The molecule has 0 saturated carbocycles. The summed E-state index contributed by atoms with van der Waals surface area (Å²) in [5, 5.41) is 12.4. The van der Waals surface area contributed by atoms with E-state index in [1.807, 2.05) is 0 Å². The second-order valence-electron chi connectivity index (χ2n) is 7.34. The van der Waals surface area contributed by atoms with Gasteiger partial charge in [-0.05, 0) is 48.7 Å². The zero-order valence-electron chi connectivity index (χ0n) is 17.8. The lowest BCUT2D eigenvalue weighted by Gasteiger charge is -2.36. The smallest absolute Gasteiger partial charge is 0.280 e. The van der Waals surface area contributed by atoms with Crippen LogP contribution in [0.3, 0.4) is 0 Å². The number of nitrogens with zero attached hydrogens (tertiary/aromatic N) is 1. The van der Waals surface area contributed by atoms with Gasteiger partial charge in [0.25, 0.3) is 10.2 Å². The number of rotatable bonds is 6. The van der Waals surface area contributed by atoms with Crippen molar-refractivity contribution in [2.75, 3.05) is 26.6 Å². The van der Waals surface area contributed by atoms with E-state index in [2.05, 4.69) is 10.0 Å². The van der Waals surface area contributed by atoms with Crippen LogP contribution in [-0.4, -0.2) is 51.0 Å². The summed E-state index contributed by atoms with van der Waals surface area (Å²) in [6.07, 6.45) is -0.393. The van der Waals surface area contributed by atoms with Gasteiger partial charge >= 0.3 is 0 Å². The number of aliphatic hydroxyl groups is 1. The van der Waals surface area contributed by atoms with E-state index in [0.29, 0.717) is 28.3 Å². The van der Waals surface area contributed by atoms with Crippen molar-refractivity contribution in [1.82, 2.24) is 9.03 Å². The van der Waals surface area contributed by atoms with E-state index < -0.39 is 34.3 Å². The maximum atomic E-state index is 12.9. The van der Waals surface area contributed by atoms with Crippen LogP contribution in [0.25, 0.3) is 0 Å². The molecule has 3 N–H and O–H groups in total. The summed E-state index contributed by atoms with van der Waals surface area (Å²) in [6.45, 7) is 1.65. The molecule has 3 rings (SSSR count). The number of hydrogen-bond acceptors (Lipinski definition) is 6. The summed E-state index contributed by atoms with van der Waals surface area (Å²) < 4.78 is 39.5. The van der Waals surface area contributed by atoms with E-state index in [4.69, 9.17) is 9.47 Å². The summed E-state index contributed by atoms with van der Waals surface area (Å²) in [4.78, 5) is 12.9. The van der Waals surface area contributed by atoms with Crippen molar-refractivity contribution in [3.05, 3.63) is 53.6 Å². The van der Waals surface area contributed by atoms with Crippen molar-refractivity contribution in [3.63, 3.8) is 0 Å². The maximum Gasteiger partial charge on any atom is 0.280 e. The third-order valence-corrected chi connectivity index (χ3v) is 6.94. The highest BCUT2D eigenvalue weighted by molar-refractivity contribution is 7.87. The minimum absolute atomic E-state index is 0.225. The van der Waals surface area contributed by atoms with Crippen LogP contribution < -0.4 is 19.5 Å². The lowest BCUT2D eigenvalue weighted by molar-refractivity contribution is -0.120. The number of anilines is 1. The van der Waals surface area contributed by atoms with E-state index in [0.717, 1.165) is 4.31 Å². The van der Waals surface area contributed by atoms with Crippen LogP contribution in [0.4, 0.5) is 5.69 Å². The van der Waals surface area contributed by atoms with E-state index in [1.165, 1.54) is 21.3 Å². The van der Waals surface area contributed by atoms with Crippen molar-refractivity contribution >= 4 is 21.8 Å². The number of ether oxygens (including phenoxy) is 2. The van der Waals surface area contributed by atoms with E-state index >= 15 is 0 Å². The number of nitrogens with one attached hydrogen (secondary N) is 2. The summed E-state index contributed by atoms with van der Waals surface area (Å²) in [5.74, 6) is 0.553. The Bertz CT molecular complexity index is 1040. The summed E-state index contributed by atoms with van der Waals surface area (Å²) in [5.41, 5.74) is 1.89. The first kappa shape index (κ1) is 23.0. The molecule has 1 fully saturated rings. The van der Waals surface area contributed by atoms with E-state index in [1.54, 1.807) is 49.4 Å². The molecule has 1 saturated heterocycles. The Morgan fingerprint density at radius 2 is 1.81 bits per heavy atom. The SMILES string of the molecule is COc1ccc([C@@H]2C[C@H](C(=O)Nc3ccc(C(C)O)cc3)N(C)S(=O)(=O)N2)cc1OC. The highest BCUT2D eigenvalue weighted by atomic mass is 32.2. The molecule has 31 heavy (non-hydrogen) atoms. The number of benzene rings is 2. The van der Waals surface area contributed by atoms with Gasteiger partial charge in [0.15, 0.2) is 11.5 Å². The Balaban J connectivity index is 1.83. The molecule has 10 heteroatoms. The molecule has 168 valence electrons. The number of amides is 1. The van der Waals surface area contributed by atoms with Crippen LogP contribution >= 0.6 is 0 Å². The van der Waals surface area contributed by atoms with Gasteiger partial charge in [0.05, 0.1) is 26.4 Å². The van der Waals surface area contributed by atoms with Crippen molar-refractivity contribution < 1.29 is 27.8 Å². The van der Waals surface area contributed by atoms with Crippen LogP contribution in [0.2, 0.25) is 0 Å². The molecule has 1 aliphatic heterocycles. The fraction of sp³-hybridized carbons (Fsp3) is 0.381. The second-order valence-corrected chi connectivity index (χ2v) is 9.11. The average molecular weight is 450 g/mol. The highest BCUT2D eigenvalue weighted by Crippen LogP contribution is 2.34. The first-order valence-electron chi connectivity index (χ1n) is 9.72. The number of carbonyl (C=O) groups is 1. The topological polar surface area (TPSA) is 117 Å². The van der Waals surface area contributed by atoms with Gasteiger partial charge in [-0.3, -0.25) is 4.79 Å². The Morgan fingerprint density at radius 1 is 1.16 bits per heavy atom. The number of methoxy groups -OCH3 is 2. The lowest BCUT2D eigenvalue weighted by Crippen LogP contribution is -2.55. The van der Waals surface area contributed by atoms with Crippen LogP contribution in [0.5, 0.6) is 11.5 Å². The van der Waals surface area contributed by atoms with Gasteiger partial charge in [0, 0.05) is 12.7 Å². The van der Waals surface area contributed by atoms with Gasteiger partial charge in [-0.15, -0.1) is 0 Å². The molecule has 9 nitrogen and oxygen atoms in total. The largest absolute Gasteiger partial charge is 0.493 e. The summed E-state index contributed by atoms with van der Waals surface area (Å²) >= 11 is 0. The van der Waals surface area contributed by atoms with Gasteiger partial charge in [-0.25, -0.2) is 0 Å². The molecular weight excluding hydrogens is 422 g/mol. The number of carbonyl (C=O) groups excluding carboxylic acids is 1. The van der Waals surface area contributed by atoms with Gasteiger partial charge in [0.2, 0.25) is 5.91 Å². The molecule has 1 amide bonds. The molecule has 3 atom stereocenters. The molecule has 1 unspecified atom stereocenters. The Morgan fingerprint density at radius 3 is 2.39 bits per heavy atom. The van der Waals surface area contributed by atoms with E-state index in [-0.39, 0.29) is 6.42 Å². The molecule has 0 bridgehead atoms. The Hall–Kier alpha value is -2.66. The first-order chi connectivity index (χ1) is 14.7. The monoisotopic (exact) mass is 449 g/mol. The molecule has 1 heterocycles. The van der Waals surface area contributed by atoms with Crippen molar-refractivity contribution in [3.8, 4) is 11.5 Å². The molecule has 1 aliphatic rings. The van der Waals surface area contributed by atoms with Crippen molar-refractivity contribution in [2.45, 2.75) is 31.5 Å². The molecule has 0 radical (unpaired) electrons. The third kappa shape index (κ3) is 4.99. The zero-order valence-corrected chi connectivity index (χ0v) is 18.6. The van der Waals surface area contributed by atoms with Gasteiger partial charge in [-0.2, -0.15) is 17.4 Å². The van der Waals surface area contributed by atoms with Crippen LogP contribution in [0.15, 0.2) is 42.5 Å². The summed E-state index contributed by atoms with van der Waals surface area (Å²) in [6, 6.07) is 10.3. The van der Waals surface area contributed by atoms with Gasteiger partial charge in [0.1, 0.15) is 6.04 Å².